The Bertz CT molecular complexity index is 1870. The molecule has 332 valence electrons. The molecule has 0 radical (unpaired) electrons. The molecule has 2 aromatic rings. The minimum absolute atomic E-state index is 0.133. The van der Waals surface area contributed by atoms with Crippen LogP contribution in [0.2, 0.25) is 18.1 Å². The van der Waals surface area contributed by atoms with Gasteiger partial charge in [-0.15, -0.1) is 0 Å². The summed E-state index contributed by atoms with van der Waals surface area (Å²) in [4.78, 5) is 30.3. The van der Waals surface area contributed by atoms with Crippen molar-refractivity contribution >= 4 is 32.1 Å². The lowest BCUT2D eigenvalue weighted by atomic mass is 9.98. The molecule has 3 aliphatic heterocycles. The fourth-order valence-corrected chi connectivity index (χ4v) is 7.92. The number of rotatable bonds is 9. The fourth-order valence-electron chi connectivity index (χ4n) is 6.90. The first-order valence-corrected chi connectivity index (χ1v) is 24.0. The monoisotopic (exact) mass is 851 g/mol. The van der Waals surface area contributed by atoms with E-state index < -0.39 is 68.1 Å². The van der Waals surface area contributed by atoms with Crippen molar-refractivity contribution in [2.75, 3.05) is 25.2 Å². The van der Waals surface area contributed by atoms with Gasteiger partial charge in [-0.2, -0.15) is 0 Å². The maximum Gasteiger partial charge on any atom is 0.414 e. The Balaban J connectivity index is 1.63. The van der Waals surface area contributed by atoms with Gasteiger partial charge in [0.2, 0.25) is 0 Å². The lowest BCUT2D eigenvalue weighted by Crippen LogP contribution is -2.44. The standard InChI is InChI=1S/C47H69NO11Si/c1-30-19-24-37(52-28-32-20-22-35(51-13)23-21-32)41-38(56-47(11,12)57-41)18-16-17-33-25-34(48(43(50)58-44(3,4)5)27-36-29-53-46(9,10)55-36)26-39(40(33)42(49)54-31(30)2)59-60(14,15)45(6,7)8/h16-17,19-26,30-31,36-38,41H,18,27-29H2,1-15H3/t30-,31+,36?,37-,38+,41-/m1/s1. The van der Waals surface area contributed by atoms with Crippen molar-refractivity contribution in [3.8, 4) is 11.5 Å². The molecule has 13 heteroatoms. The zero-order valence-electron chi connectivity index (χ0n) is 38.5. The molecular formula is C47H69NO11Si. The number of anilines is 1. The van der Waals surface area contributed by atoms with Crippen LogP contribution < -0.4 is 14.1 Å². The van der Waals surface area contributed by atoms with Gasteiger partial charge in [0, 0.05) is 12.0 Å². The second-order valence-corrected chi connectivity index (χ2v) is 24.3. The van der Waals surface area contributed by atoms with Gasteiger partial charge in [-0.3, -0.25) is 4.90 Å². The van der Waals surface area contributed by atoms with Crippen molar-refractivity contribution in [1.29, 1.82) is 0 Å². The van der Waals surface area contributed by atoms with E-state index in [2.05, 4.69) is 33.9 Å². The molecule has 0 N–H and O–H groups in total. The Morgan fingerprint density at radius 3 is 2.22 bits per heavy atom. The number of esters is 1. The summed E-state index contributed by atoms with van der Waals surface area (Å²) in [5, 5.41) is -0.219. The first-order valence-electron chi connectivity index (χ1n) is 21.1. The largest absolute Gasteiger partial charge is 0.543 e. The lowest BCUT2D eigenvalue weighted by Gasteiger charge is -2.37. The molecule has 12 nitrogen and oxygen atoms in total. The molecule has 0 bridgehead atoms. The third kappa shape index (κ3) is 12.2. The van der Waals surface area contributed by atoms with E-state index >= 15 is 0 Å². The smallest absolute Gasteiger partial charge is 0.414 e. The molecule has 2 saturated heterocycles. The number of ether oxygens (including phenoxy) is 8. The first kappa shape index (κ1) is 47.3. The minimum atomic E-state index is -2.59. The molecule has 2 aromatic carbocycles. The number of nitrogens with zero attached hydrogens (tertiary/aromatic N) is 1. The third-order valence-corrected chi connectivity index (χ3v) is 15.7. The van der Waals surface area contributed by atoms with E-state index in [9.17, 15) is 9.59 Å². The molecular weight excluding hydrogens is 783 g/mol. The van der Waals surface area contributed by atoms with E-state index in [0.717, 1.165) is 11.3 Å². The number of cyclic esters (lactones) is 1. The SMILES string of the molecule is COc1ccc(CO[C@@H]2C=C[C@@H](C)[C@H](C)OC(=O)c3c(cc(N(CC4COC(C)(C)O4)C(=O)OC(C)(C)C)cc3O[Si](C)(C)C(C)(C)C)C=CC[C@@H]3OC(C)(C)O[C@@H]32)cc1. The highest BCUT2D eigenvalue weighted by molar-refractivity contribution is 6.74. The molecule has 3 heterocycles. The van der Waals surface area contributed by atoms with Gasteiger partial charge >= 0.3 is 12.1 Å². The molecule has 0 aromatic heterocycles. The van der Waals surface area contributed by atoms with Crippen LogP contribution in [0.5, 0.6) is 11.5 Å². The Labute approximate surface area is 358 Å². The molecule has 2 fully saturated rings. The second-order valence-electron chi connectivity index (χ2n) is 19.6. The van der Waals surface area contributed by atoms with Gasteiger partial charge in [0.1, 0.15) is 47.1 Å². The summed E-state index contributed by atoms with van der Waals surface area (Å²) in [5.41, 5.74) is 1.45. The van der Waals surface area contributed by atoms with Crippen LogP contribution in [-0.2, 0) is 39.8 Å². The maximum atomic E-state index is 14.6. The number of carbonyl (C=O) groups is 2. The second kappa shape index (κ2) is 18.3. The third-order valence-electron chi connectivity index (χ3n) is 11.3. The average molecular weight is 852 g/mol. The van der Waals surface area contributed by atoms with E-state index in [-0.39, 0.29) is 29.7 Å². The highest BCUT2D eigenvalue weighted by atomic mass is 28.4. The van der Waals surface area contributed by atoms with Crippen molar-refractivity contribution < 1.29 is 51.9 Å². The first-order chi connectivity index (χ1) is 27.8. The van der Waals surface area contributed by atoms with Gasteiger partial charge in [-0.25, -0.2) is 9.59 Å². The highest BCUT2D eigenvalue weighted by Gasteiger charge is 2.45. The Morgan fingerprint density at radius 1 is 0.933 bits per heavy atom. The van der Waals surface area contributed by atoms with E-state index in [1.54, 1.807) is 13.2 Å². The molecule has 6 atom stereocenters. The van der Waals surface area contributed by atoms with Crippen LogP contribution in [0.25, 0.3) is 6.08 Å². The van der Waals surface area contributed by atoms with Crippen LogP contribution in [0.1, 0.15) is 111 Å². The Morgan fingerprint density at radius 2 is 1.62 bits per heavy atom. The molecule has 5 rings (SSSR count). The summed E-state index contributed by atoms with van der Waals surface area (Å²) in [5.74, 6) is -1.34. The summed E-state index contributed by atoms with van der Waals surface area (Å²) in [6, 6.07) is 11.3. The predicted molar refractivity (Wildman–Crippen MR) is 235 cm³/mol. The molecule has 3 aliphatic rings. The molecule has 60 heavy (non-hydrogen) atoms. The number of fused-ring (bicyclic) bond motifs is 2. The summed E-state index contributed by atoms with van der Waals surface area (Å²) >= 11 is 0. The number of hydrogen-bond donors (Lipinski definition) is 0. The van der Waals surface area contributed by atoms with Gasteiger partial charge in [0.15, 0.2) is 11.6 Å². The van der Waals surface area contributed by atoms with Crippen LogP contribution in [0.4, 0.5) is 10.5 Å². The van der Waals surface area contributed by atoms with Gasteiger partial charge in [0.25, 0.3) is 8.32 Å². The number of methoxy groups -OCH3 is 1. The number of amides is 1. The number of hydrogen-bond acceptors (Lipinski definition) is 11. The maximum absolute atomic E-state index is 14.6. The number of carbonyl (C=O) groups excluding carboxylic acids is 2. The van der Waals surface area contributed by atoms with Gasteiger partial charge in [-0.1, -0.05) is 64.1 Å². The van der Waals surface area contributed by atoms with E-state index in [1.165, 1.54) is 4.90 Å². The van der Waals surface area contributed by atoms with Gasteiger partial charge < -0.3 is 42.3 Å². The summed E-state index contributed by atoms with van der Waals surface area (Å²) in [6.45, 7) is 28.2. The molecule has 1 amide bonds. The van der Waals surface area contributed by atoms with E-state index in [4.69, 9.17) is 42.3 Å². The zero-order chi connectivity index (χ0) is 44.4. The molecule has 1 unspecified atom stereocenters. The predicted octanol–water partition coefficient (Wildman–Crippen LogP) is 10.2. The van der Waals surface area contributed by atoms with Crippen LogP contribution in [-0.4, -0.2) is 88.3 Å². The summed E-state index contributed by atoms with van der Waals surface area (Å²) in [7, 11) is -0.947. The highest BCUT2D eigenvalue weighted by Crippen LogP contribution is 2.42. The Hall–Kier alpha value is -3.72. The Kier molecular flexibility index (Phi) is 14.5. The van der Waals surface area contributed by atoms with Crippen LogP contribution in [0.15, 0.2) is 54.6 Å². The van der Waals surface area contributed by atoms with Crippen molar-refractivity contribution in [3.05, 3.63) is 71.3 Å². The van der Waals surface area contributed by atoms with Crippen molar-refractivity contribution in [3.63, 3.8) is 0 Å². The summed E-state index contributed by atoms with van der Waals surface area (Å²) < 4.78 is 56.4. The topological polar surface area (TPSA) is 120 Å². The van der Waals surface area contributed by atoms with Gasteiger partial charge in [-0.05, 0) is 109 Å². The molecule has 0 saturated carbocycles. The summed E-state index contributed by atoms with van der Waals surface area (Å²) in [6.07, 6.45) is 5.36. The zero-order valence-corrected chi connectivity index (χ0v) is 39.5. The van der Waals surface area contributed by atoms with E-state index in [0.29, 0.717) is 30.0 Å². The van der Waals surface area contributed by atoms with E-state index in [1.807, 2.05) is 117 Å². The number of benzene rings is 2. The van der Waals surface area contributed by atoms with Crippen molar-refractivity contribution in [2.24, 2.45) is 5.92 Å². The van der Waals surface area contributed by atoms with Crippen LogP contribution in [0, 0.1) is 5.92 Å². The van der Waals surface area contributed by atoms with Crippen LogP contribution in [0.3, 0.4) is 0 Å². The van der Waals surface area contributed by atoms with Crippen LogP contribution >= 0.6 is 0 Å². The average Bonchev–Trinajstić information content (AvgIpc) is 3.64. The van der Waals surface area contributed by atoms with Crippen molar-refractivity contribution in [2.45, 2.75) is 162 Å². The minimum Gasteiger partial charge on any atom is -0.543 e. The van der Waals surface area contributed by atoms with Gasteiger partial charge in [0.05, 0.1) is 38.7 Å². The molecule has 0 spiro atoms. The quantitative estimate of drug-likeness (QED) is 0.136. The lowest BCUT2D eigenvalue weighted by molar-refractivity contribution is -0.156. The van der Waals surface area contributed by atoms with Crippen molar-refractivity contribution in [1.82, 2.24) is 0 Å². The molecule has 0 aliphatic carbocycles. The normalized spacial score (nSPS) is 25.8. The fraction of sp³-hybridized carbons (Fsp3) is 0.617.